The van der Waals surface area contributed by atoms with Gasteiger partial charge in [0.1, 0.15) is 0 Å². The number of anilines is 3. The van der Waals surface area contributed by atoms with Crippen LogP contribution in [0.25, 0.3) is 77.9 Å². The number of hydrogen-bond donors (Lipinski definition) is 0. The van der Waals surface area contributed by atoms with Crippen LogP contribution in [0.3, 0.4) is 0 Å². The molecule has 0 N–H and O–H groups in total. The summed E-state index contributed by atoms with van der Waals surface area (Å²) < 4.78 is 0. The lowest BCUT2D eigenvalue weighted by atomic mass is 9.71. The molecule has 0 atom stereocenters. The fourth-order valence-corrected chi connectivity index (χ4v) is 12.1. The number of fused-ring (bicyclic) bond motifs is 6. The average molecular weight is 914 g/mol. The highest BCUT2D eigenvalue weighted by atomic mass is 15.1. The van der Waals surface area contributed by atoms with E-state index in [1.807, 2.05) is 0 Å². The molecule has 0 heterocycles. The van der Waals surface area contributed by atoms with Gasteiger partial charge in [-0.05, 0) is 142 Å². The summed E-state index contributed by atoms with van der Waals surface area (Å²) in [7, 11) is 0. The average Bonchev–Trinajstić information content (AvgIpc) is 3.77. The Morgan fingerprint density at radius 2 is 0.704 bits per heavy atom. The Kier molecular flexibility index (Phi) is 10.5. The van der Waals surface area contributed by atoms with E-state index >= 15 is 0 Å². The van der Waals surface area contributed by atoms with E-state index in [0.29, 0.717) is 0 Å². The van der Waals surface area contributed by atoms with Crippen molar-refractivity contribution in [3.05, 3.63) is 258 Å². The molecule has 344 valence electrons. The Bertz CT molecular complexity index is 3640. The van der Waals surface area contributed by atoms with Crippen molar-refractivity contribution in [3.8, 4) is 77.9 Å². The molecule has 0 aliphatic heterocycles. The van der Waals surface area contributed by atoms with Gasteiger partial charge in [-0.1, -0.05) is 243 Å². The van der Waals surface area contributed by atoms with Crippen LogP contribution in [0.5, 0.6) is 0 Å². The summed E-state index contributed by atoms with van der Waals surface area (Å²) in [5.74, 6) is 0. The van der Waals surface area contributed by atoms with E-state index in [1.54, 1.807) is 0 Å². The van der Waals surface area contributed by atoms with Crippen molar-refractivity contribution >= 4 is 17.1 Å². The highest BCUT2D eigenvalue weighted by molar-refractivity contribution is 5.95. The van der Waals surface area contributed by atoms with Gasteiger partial charge < -0.3 is 4.90 Å². The monoisotopic (exact) mass is 913 g/mol. The van der Waals surface area contributed by atoms with Crippen LogP contribution in [0.15, 0.2) is 231 Å². The van der Waals surface area contributed by atoms with Gasteiger partial charge >= 0.3 is 0 Å². The van der Waals surface area contributed by atoms with Gasteiger partial charge in [-0.15, -0.1) is 0 Å². The minimum absolute atomic E-state index is 0.132. The fraction of sp³-hybridized carbons (Fsp3) is 0.143. The summed E-state index contributed by atoms with van der Waals surface area (Å²) in [6.45, 7) is 16.8. The summed E-state index contributed by atoms with van der Waals surface area (Å²) in [6.07, 6.45) is 0. The van der Waals surface area contributed by atoms with Crippen molar-refractivity contribution in [1.29, 1.82) is 0 Å². The molecule has 2 aliphatic carbocycles. The smallest absolute Gasteiger partial charge is 0.0540 e. The molecule has 0 radical (unpaired) electrons. The van der Waals surface area contributed by atoms with Gasteiger partial charge in [0.2, 0.25) is 0 Å². The van der Waals surface area contributed by atoms with Crippen LogP contribution >= 0.6 is 0 Å². The predicted octanol–water partition coefficient (Wildman–Crippen LogP) is 19.4. The third-order valence-corrected chi connectivity index (χ3v) is 15.6. The maximum absolute atomic E-state index is 2.53. The number of rotatable bonds is 8. The zero-order valence-corrected chi connectivity index (χ0v) is 41.9. The van der Waals surface area contributed by atoms with Crippen molar-refractivity contribution in [2.24, 2.45) is 0 Å². The second-order valence-corrected chi connectivity index (χ2v) is 21.7. The van der Waals surface area contributed by atoms with Crippen molar-refractivity contribution in [3.63, 3.8) is 0 Å². The molecule has 1 nitrogen and oxygen atoms in total. The lowest BCUT2D eigenvalue weighted by molar-refractivity contribution is 0.558. The fourth-order valence-electron chi connectivity index (χ4n) is 12.1. The van der Waals surface area contributed by atoms with Crippen LogP contribution in [-0.4, -0.2) is 0 Å². The molecule has 0 bridgehead atoms. The number of hydrogen-bond acceptors (Lipinski definition) is 1. The molecular weight excluding hydrogens is 855 g/mol. The van der Waals surface area contributed by atoms with Crippen molar-refractivity contribution in [1.82, 2.24) is 0 Å². The first-order valence-corrected chi connectivity index (χ1v) is 25.3. The van der Waals surface area contributed by atoms with E-state index < -0.39 is 0 Å². The first kappa shape index (κ1) is 44.2. The lowest BCUT2D eigenvalue weighted by Gasteiger charge is -2.33. The van der Waals surface area contributed by atoms with Gasteiger partial charge in [-0.2, -0.15) is 0 Å². The van der Waals surface area contributed by atoms with Crippen LogP contribution in [0, 0.1) is 0 Å². The summed E-state index contributed by atoms with van der Waals surface area (Å²) in [5.41, 5.74) is 27.3. The van der Waals surface area contributed by atoms with Crippen LogP contribution < -0.4 is 4.90 Å². The largest absolute Gasteiger partial charge is 0.310 e. The Hall–Kier alpha value is -8.00. The van der Waals surface area contributed by atoms with Crippen molar-refractivity contribution < 1.29 is 0 Å². The minimum Gasteiger partial charge on any atom is -0.310 e. The van der Waals surface area contributed by atoms with Gasteiger partial charge in [0.05, 0.1) is 5.69 Å². The summed E-state index contributed by atoms with van der Waals surface area (Å²) >= 11 is 0. The third kappa shape index (κ3) is 7.37. The summed E-state index contributed by atoms with van der Waals surface area (Å²) in [6, 6.07) is 85.7. The Morgan fingerprint density at radius 1 is 0.296 bits per heavy atom. The molecule has 0 saturated carbocycles. The quantitative estimate of drug-likeness (QED) is 0.147. The highest BCUT2D eigenvalue weighted by Crippen LogP contribution is 2.57. The topological polar surface area (TPSA) is 3.24 Å². The first-order chi connectivity index (χ1) is 34.4. The van der Waals surface area contributed by atoms with E-state index in [-0.39, 0.29) is 16.2 Å². The zero-order valence-electron chi connectivity index (χ0n) is 41.9. The number of nitrogens with zero attached hydrogens (tertiary/aromatic N) is 1. The minimum atomic E-state index is -0.291. The van der Waals surface area contributed by atoms with E-state index in [0.717, 1.165) is 17.1 Å². The SMILES string of the molecule is CC(C)(C)c1c(-c2ccc(-c3ccccc3-c3ccccc3)cc2)ccc2c1C(C)(C)c1cc(N(c3ccc4c(c3)C(C)(C)c3ccccc3-4)c3ccc(-c4ccccc4)cc3-c3ccccc3)ccc1-2. The Balaban J connectivity index is 1.01. The Morgan fingerprint density at radius 3 is 1.28 bits per heavy atom. The van der Waals surface area contributed by atoms with Gasteiger partial charge in [-0.3, -0.25) is 0 Å². The molecule has 71 heavy (non-hydrogen) atoms. The van der Waals surface area contributed by atoms with E-state index in [4.69, 9.17) is 0 Å². The van der Waals surface area contributed by atoms with Crippen LogP contribution in [-0.2, 0) is 16.2 Å². The maximum atomic E-state index is 2.53. The normalized spacial score (nSPS) is 13.8. The van der Waals surface area contributed by atoms with Crippen molar-refractivity contribution in [2.75, 3.05) is 4.90 Å². The molecule has 0 amide bonds. The highest BCUT2D eigenvalue weighted by Gasteiger charge is 2.42. The molecule has 0 aromatic heterocycles. The molecule has 0 fully saturated rings. The zero-order chi connectivity index (χ0) is 48.6. The second kappa shape index (κ2) is 16.9. The van der Waals surface area contributed by atoms with E-state index in [1.165, 1.54) is 106 Å². The second-order valence-electron chi connectivity index (χ2n) is 21.7. The maximum Gasteiger partial charge on any atom is 0.0540 e. The summed E-state index contributed by atoms with van der Waals surface area (Å²) in [5, 5.41) is 0. The molecule has 12 rings (SSSR count). The first-order valence-electron chi connectivity index (χ1n) is 25.3. The molecule has 10 aromatic carbocycles. The molecule has 2 aliphatic rings. The lowest BCUT2D eigenvalue weighted by Crippen LogP contribution is -2.24. The molecular formula is C70H59N. The molecule has 0 unspecified atom stereocenters. The standard InChI is InChI=1S/C70H59N/c1-68(2,3)66-56(50-33-31-49(32-34-50)55-28-18-17-27-54(55)47-23-13-9-14-24-47)40-41-60-59-39-37-53(45-64(59)70(6,7)67(60)66)71(52-36-38-58-57-29-19-20-30-62(57)69(4,5)63(58)44-52)65-42-35-51(46-21-11-8-12-22-46)43-61(65)48-25-15-10-16-26-48/h8-45H,1-7H3. The van der Waals surface area contributed by atoms with Crippen LogP contribution in [0.4, 0.5) is 17.1 Å². The van der Waals surface area contributed by atoms with Gasteiger partial charge in [0.15, 0.2) is 0 Å². The van der Waals surface area contributed by atoms with E-state index in [2.05, 4.69) is 284 Å². The molecule has 0 spiro atoms. The predicted molar refractivity (Wildman–Crippen MR) is 302 cm³/mol. The van der Waals surface area contributed by atoms with Gasteiger partial charge in [-0.25, -0.2) is 0 Å². The van der Waals surface area contributed by atoms with Crippen LogP contribution in [0.2, 0.25) is 0 Å². The molecule has 1 heteroatoms. The summed E-state index contributed by atoms with van der Waals surface area (Å²) in [4.78, 5) is 2.53. The van der Waals surface area contributed by atoms with E-state index in [9.17, 15) is 0 Å². The molecule has 0 saturated heterocycles. The number of benzene rings is 10. The molecule has 10 aromatic rings. The van der Waals surface area contributed by atoms with Crippen LogP contribution in [0.1, 0.15) is 76.3 Å². The van der Waals surface area contributed by atoms with Crippen molar-refractivity contribution in [2.45, 2.75) is 64.7 Å². The Labute approximate surface area is 420 Å². The van der Waals surface area contributed by atoms with Gasteiger partial charge in [0, 0.05) is 27.8 Å². The van der Waals surface area contributed by atoms with Gasteiger partial charge in [0.25, 0.3) is 0 Å². The third-order valence-electron chi connectivity index (χ3n) is 15.6.